The van der Waals surface area contributed by atoms with Crippen LogP contribution in [0.15, 0.2) is 139 Å². The average Bonchev–Trinajstić information content (AvgIpc) is 3.07. The first-order valence-corrected chi connectivity index (χ1v) is 16.2. The molecule has 7 aromatic rings. The standard InChI is InChI=1S/C45H37N/c1-28-23-24-46-42(27-28)32-19-21-33(22-20-32)44-38-11-5-7-13-40(38)45(41-14-8-6-12-39(41)44)37-18-10-15-34-35(37)16-9-17-36(34)43-30(3)25-29(2)26-31(43)4/h5-23,25-27,46H,24H2,1-4H3. The quantitative estimate of drug-likeness (QED) is 0.201. The van der Waals surface area contributed by atoms with E-state index in [9.17, 15) is 0 Å². The molecule has 0 radical (unpaired) electrons. The van der Waals surface area contributed by atoms with Crippen LogP contribution in [-0.2, 0) is 0 Å². The third-order valence-electron chi connectivity index (χ3n) is 9.64. The third kappa shape index (κ3) is 4.63. The van der Waals surface area contributed by atoms with E-state index in [2.05, 4.69) is 166 Å². The van der Waals surface area contributed by atoms with E-state index < -0.39 is 0 Å². The van der Waals surface area contributed by atoms with Gasteiger partial charge in [0.1, 0.15) is 0 Å². The maximum atomic E-state index is 3.53. The summed E-state index contributed by atoms with van der Waals surface area (Å²) in [6.07, 6.45) is 4.45. The number of hydrogen-bond donors (Lipinski definition) is 1. The minimum absolute atomic E-state index is 0.871. The topological polar surface area (TPSA) is 12.0 Å². The molecule has 1 N–H and O–H groups in total. The Morgan fingerprint density at radius 3 is 1.48 bits per heavy atom. The second-order valence-corrected chi connectivity index (χ2v) is 12.8. The largest absolute Gasteiger partial charge is 0.381 e. The molecule has 1 aliphatic rings. The second kappa shape index (κ2) is 11.2. The fraction of sp³-hybridized carbons (Fsp3) is 0.111. The van der Waals surface area contributed by atoms with Crippen LogP contribution in [0.1, 0.15) is 29.2 Å². The molecule has 0 atom stereocenters. The van der Waals surface area contributed by atoms with Crippen molar-refractivity contribution >= 4 is 38.0 Å². The van der Waals surface area contributed by atoms with Crippen LogP contribution in [0.2, 0.25) is 0 Å². The lowest BCUT2D eigenvalue weighted by molar-refractivity contribution is 0.981. The molecule has 0 unspecified atom stereocenters. The Morgan fingerprint density at radius 1 is 0.457 bits per heavy atom. The van der Waals surface area contributed by atoms with Crippen LogP contribution < -0.4 is 5.32 Å². The van der Waals surface area contributed by atoms with Crippen molar-refractivity contribution in [3.05, 3.63) is 161 Å². The number of nitrogens with one attached hydrogen (secondary N) is 1. The van der Waals surface area contributed by atoms with Crippen LogP contribution in [0, 0.1) is 20.8 Å². The van der Waals surface area contributed by atoms with E-state index in [0.717, 1.165) is 6.54 Å². The summed E-state index contributed by atoms with van der Waals surface area (Å²) in [4.78, 5) is 0. The van der Waals surface area contributed by atoms with Crippen LogP contribution in [0.4, 0.5) is 0 Å². The summed E-state index contributed by atoms with van der Waals surface area (Å²) >= 11 is 0. The lowest BCUT2D eigenvalue weighted by atomic mass is 9.83. The lowest BCUT2D eigenvalue weighted by Crippen LogP contribution is -2.15. The van der Waals surface area contributed by atoms with Gasteiger partial charge in [0.25, 0.3) is 0 Å². The highest BCUT2D eigenvalue weighted by Crippen LogP contribution is 2.46. The molecule has 1 heterocycles. The van der Waals surface area contributed by atoms with Gasteiger partial charge in [-0.15, -0.1) is 0 Å². The predicted molar refractivity (Wildman–Crippen MR) is 199 cm³/mol. The van der Waals surface area contributed by atoms with E-state index >= 15 is 0 Å². The Balaban J connectivity index is 1.38. The van der Waals surface area contributed by atoms with Gasteiger partial charge in [0.2, 0.25) is 0 Å². The van der Waals surface area contributed by atoms with Crippen LogP contribution in [0.25, 0.3) is 71.4 Å². The Hall–Kier alpha value is -5.40. The van der Waals surface area contributed by atoms with E-state index in [1.54, 1.807) is 0 Å². The van der Waals surface area contributed by atoms with E-state index in [-0.39, 0.29) is 0 Å². The van der Waals surface area contributed by atoms with Gasteiger partial charge < -0.3 is 5.32 Å². The Morgan fingerprint density at radius 2 is 0.935 bits per heavy atom. The summed E-state index contributed by atoms with van der Waals surface area (Å²) in [5.41, 5.74) is 15.4. The maximum Gasteiger partial charge on any atom is 0.0418 e. The minimum atomic E-state index is 0.871. The summed E-state index contributed by atoms with van der Waals surface area (Å²) in [6, 6.07) is 45.3. The zero-order valence-electron chi connectivity index (χ0n) is 26.9. The van der Waals surface area contributed by atoms with Gasteiger partial charge in [-0.05, 0) is 116 Å². The van der Waals surface area contributed by atoms with E-state index in [4.69, 9.17) is 0 Å². The Labute approximate surface area is 271 Å². The fourth-order valence-corrected chi connectivity index (χ4v) is 7.74. The van der Waals surface area contributed by atoms with E-state index in [1.165, 1.54) is 99.2 Å². The first kappa shape index (κ1) is 28.1. The van der Waals surface area contributed by atoms with Crippen molar-refractivity contribution in [3.63, 3.8) is 0 Å². The van der Waals surface area contributed by atoms with Crippen LogP contribution in [0.3, 0.4) is 0 Å². The van der Waals surface area contributed by atoms with E-state index in [0.29, 0.717) is 0 Å². The molecule has 1 heteroatoms. The molecule has 1 aliphatic heterocycles. The monoisotopic (exact) mass is 591 g/mol. The van der Waals surface area contributed by atoms with Crippen molar-refractivity contribution in [1.82, 2.24) is 5.32 Å². The van der Waals surface area contributed by atoms with Gasteiger partial charge in [0.15, 0.2) is 0 Å². The number of aryl methyl sites for hydroxylation is 3. The molecular formula is C45H37N. The molecule has 0 fully saturated rings. The number of rotatable bonds is 4. The molecular weight excluding hydrogens is 555 g/mol. The first-order valence-electron chi connectivity index (χ1n) is 16.2. The third-order valence-corrected chi connectivity index (χ3v) is 9.64. The van der Waals surface area contributed by atoms with Gasteiger partial charge in [-0.2, -0.15) is 0 Å². The molecule has 1 nitrogen and oxygen atoms in total. The molecule has 8 rings (SSSR count). The summed E-state index contributed by atoms with van der Waals surface area (Å²) in [5, 5.41) is 11.2. The molecule has 0 saturated heterocycles. The van der Waals surface area contributed by atoms with Crippen molar-refractivity contribution < 1.29 is 0 Å². The molecule has 0 amide bonds. The lowest BCUT2D eigenvalue weighted by Gasteiger charge is -2.20. The molecule has 0 saturated carbocycles. The number of fused-ring (bicyclic) bond motifs is 3. The van der Waals surface area contributed by atoms with Crippen LogP contribution in [0.5, 0.6) is 0 Å². The van der Waals surface area contributed by atoms with Gasteiger partial charge in [-0.3, -0.25) is 0 Å². The molecule has 46 heavy (non-hydrogen) atoms. The summed E-state index contributed by atoms with van der Waals surface area (Å²) in [5.74, 6) is 0. The van der Waals surface area contributed by atoms with Crippen LogP contribution >= 0.6 is 0 Å². The fourth-order valence-electron chi connectivity index (χ4n) is 7.74. The van der Waals surface area contributed by atoms with Crippen molar-refractivity contribution in [1.29, 1.82) is 0 Å². The predicted octanol–water partition coefficient (Wildman–Crippen LogP) is 12.0. The molecule has 0 spiro atoms. The summed E-state index contributed by atoms with van der Waals surface area (Å²) in [6.45, 7) is 9.70. The smallest absolute Gasteiger partial charge is 0.0418 e. The van der Waals surface area contributed by atoms with Gasteiger partial charge in [0, 0.05) is 12.2 Å². The zero-order valence-corrected chi connectivity index (χ0v) is 26.9. The number of dihydropyridines is 1. The number of allylic oxidation sites excluding steroid dienone is 2. The first-order chi connectivity index (χ1) is 22.5. The number of benzene rings is 7. The molecule has 0 bridgehead atoms. The second-order valence-electron chi connectivity index (χ2n) is 12.8. The molecule has 7 aromatic carbocycles. The van der Waals surface area contributed by atoms with Crippen molar-refractivity contribution in [2.45, 2.75) is 27.7 Å². The van der Waals surface area contributed by atoms with Crippen molar-refractivity contribution in [2.75, 3.05) is 6.54 Å². The van der Waals surface area contributed by atoms with Gasteiger partial charge in [-0.25, -0.2) is 0 Å². The van der Waals surface area contributed by atoms with Crippen molar-refractivity contribution in [3.8, 4) is 33.4 Å². The minimum Gasteiger partial charge on any atom is -0.381 e. The maximum absolute atomic E-state index is 3.53. The molecule has 222 valence electrons. The highest BCUT2D eigenvalue weighted by atomic mass is 14.9. The normalized spacial score (nSPS) is 13.1. The van der Waals surface area contributed by atoms with E-state index in [1.807, 2.05) is 0 Å². The molecule has 0 aliphatic carbocycles. The highest BCUT2D eigenvalue weighted by molar-refractivity contribution is 6.24. The average molecular weight is 592 g/mol. The van der Waals surface area contributed by atoms with Gasteiger partial charge in [0.05, 0.1) is 0 Å². The Kier molecular flexibility index (Phi) is 6.84. The SMILES string of the molecule is CC1=CCNC(c2ccc(-c3c4ccccc4c(-c4cccc5c(-c6c(C)cc(C)cc6C)cccc45)c4ccccc34)cc2)=C1. The summed E-state index contributed by atoms with van der Waals surface area (Å²) in [7, 11) is 0. The summed E-state index contributed by atoms with van der Waals surface area (Å²) < 4.78 is 0. The van der Waals surface area contributed by atoms with Crippen LogP contribution in [-0.4, -0.2) is 6.54 Å². The van der Waals surface area contributed by atoms with Gasteiger partial charge >= 0.3 is 0 Å². The molecule has 0 aromatic heterocycles. The van der Waals surface area contributed by atoms with Crippen molar-refractivity contribution in [2.24, 2.45) is 0 Å². The highest BCUT2D eigenvalue weighted by Gasteiger charge is 2.19. The zero-order chi connectivity index (χ0) is 31.4. The van der Waals surface area contributed by atoms with Gasteiger partial charge in [-0.1, -0.05) is 139 Å². The Bertz CT molecular complexity index is 2300. The number of hydrogen-bond acceptors (Lipinski definition) is 1.